The Bertz CT molecular complexity index is 331. The Hall–Kier alpha value is -0.870. The van der Waals surface area contributed by atoms with Crippen molar-refractivity contribution < 1.29 is 0 Å². The summed E-state index contributed by atoms with van der Waals surface area (Å²) in [5, 5.41) is 4.22. The minimum Gasteiger partial charge on any atom is -0.326 e. The van der Waals surface area contributed by atoms with E-state index >= 15 is 0 Å². The first-order chi connectivity index (χ1) is 7.09. The number of aryl methyl sites for hydroxylation is 1. The number of hydrogen-bond acceptors (Lipinski definition) is 3. The average molecular weight is 208 g/mol. The minimum absolute atomic E-state index is 0.247. The molecule has 0 unspecified atom stereocenters. The monoisotopic (exact) mass is 208 g/mol. The first-order valence-corrected chi connectivity index (χ1v) is 5.59. The van der Waals surface area contributed by atoms with E-state index in [9.17, 15) is 0 Å². The fourth-order valence-electron chi connectivity index (χ4n) is 2.45. The molecule has 84 valence electrons. The van der Waals surface area contributed by atoms with Crippen LogP contribution in [0.2, 0.25) is 0 Å². The molecule has 0 aromatic carbocycles. The zero-order valence-electron chi connectivity index (χ0n) is 9.72. The molecule has 1 aliphatic rings. The molecule has 2 atom stereocenters. The van der Waals surface area contributed by atoms with Gasteiger partial charge in [-0.3, -0.25) is 9.58 Å². The number of nitrogens with two attached hydrogens (primary N) is 1. The Morgan fingerprint density at radius 3 is 2.80 bits per heavy atom. The maximum absolute atomic E-state index is 6.17. The summed E-state index contributed by atoms with van der Waals surface area (Å²) in [5.74, 6) is 0. The number of rotatable bonds is 2. The molecule has 2 N–H and O–H groups in total. The van der Waals surface area contributed by atoms with Gasteiger partial charge in [-0.2, -0.15) is 5.10 Å². The smallest absolute Gasteiger partial charge is 0.0538 e. The van der Waals surface area contributed by atoms with E-state index in [1.165, 1.54) is 5.56 Å². The van der Waals surface area contributed by atoms with Crippen molar-refractivity contribution in [1.82, 2.24) is 14.7 Å². The maximum Gasteiger partial charge on any atom is 0.0538 e. The van der Waals surface area contributed by atoms with E-state index < -0.39 is 0 Å². The second-order valence-electron chi connectivity index (χ2n) is 4.68. The third-order valence-corrected chi connectivity index (χ3v) is 3.21. The van der Waals surface area contributed by atoms with Crippen LogP contribution >= 0.6 is 0 Å². The lowest BCUT2D eigenvalue weighted by Gasteiger charge is -2.29. The summed E-state index contributed by atoms with van der Waals surface area (Å²) >= 11 is 0. The zero-order valence-corrected chi connectivity index (χ0v) is 9.72. The molecule has 2 rings (SSSR count). The predicted molar refractivity (Wildman–Crippen MR) is 60.4 cm³/mol. The van der Waals surface area contributed by atoms with Gasteiger partial charge in [0.15, 0.2) is 0 Å². The van der Waals surface area contributed by atoms with E-state index in [-0.39, 0.29) is 6.04 Å². The molecule has 0 amide bonds. The van der Waals surface area contributed by atoms with Gasteiger partial charge in [-0.15, -0.1) is 0 Å². The van der Waals surface area contributed by atoms with E-state index in [0.29, 0.717) is 12.1 Å². The number of hydrogen-bond donors (Lipinski definition) is 1. The molecule has 0 radical (unpaired) electrons. The van der Waals surface area contributed by atoms with Crippen molar-refractivity contribution in [3.8, 4) is 0 Å². The van der Waals surface area contributed by atoms with Crippen LogP contribution in [0.3, 0.4) is 0 Å². The predicted octanol–water partition coefficient (Wildman–Crippen LogP) is 0.903. The molecule has 2 heterocycles. The zero-order chi connectivity index (χ0) is 11.0. The van der Waals surface area contributed by atoms with Crippen LogP contribution in [0.25, 0.3) is 0 Å². The second-order valence-corrected chi connectivity index (χ2v) is 4.68. The summed E-state index contributed by atoms with van der Waals surface area (Å²) < 4.78 is 1.85. The van der Waals surface area contributed by atoms with Gasteiger partial charge in [0.25, 0.3) is 0 Å². The quantitative estimate of drug-likeness (QED) is 0.785. The van der Waals surface area contributed by atoms with Crippen LogP contribution in [0.1, 0.15) is 31.9 Å². The highest BCUT2D eigenvalue weighted by molar-refractivity contribution is 5.16. The van der Waals surface area contributed by atoms with Gasteiger partial charge in [-0.05, 0) is 20.3 Å². The van der Waals surface area contributed by atoms with Crippen molar-refractivity contribution in [2.45, 2.75) is 38.4 Å². The number of aromatic nitrogens is 2. The van der Waals surface area contributed by atoms with Gasteiger partial charge in [0.2, 0.25) is 0 Å². The van der Waals surface area contributed by atoms with Crippen LogP contribution in [0, 0.1) is 0 Å². The summed E-state index contributed by atoms with van der Waals surface area (Å²) in [5.41, 5.74) is 7.42. The molecule has 4 heteroatoms. The Morgan fingerprint density at radius 2 is 2.27 bits per heavy atom. The largest absolute Gasteiger partial charge is 0.326 e. The molecular weight excluding hydrogens is 188 g/mol. The summed E-state index contributed by atoms with van der Waals surface area (Å²) in [7, 11) is 1.95. The molecule has 15 heavy (non-hydrogen) atoms. The number of likely N-dealkylation sites (tertiary alicyclic amines) is 1. The van der Waals surface area contributed by atoms with E-state index in [4.69, 9.17) is 5.73 Å². The van der Waals surface area contributed by atoms with E-state index in [1.807, 2.05) is 17.9 Å². The highest BCUT2D eigenvalue weighted by Crippen LogP contribution is 2.32. The summed E-state index contributed by atoms with van der Waals surface area (Å²) in [6, 6.07) is 1.14. The fraction of sp³-hybridized carbons (Fsp3) is 0.727. The molecule has 4 nitrogen and oxygen atoms in total. The van der Waals surface area contributed by atoms with Gasteiger partial charge in [-0.25, -0.2) is 0 Å². The first kappa shape index (κ1) is 10.6. The topological polar surface area (TPSA) is 47.1 Å². The molecule has 1 aliphatic heterocycles. The lowest BCUT2D eigenvalue weighted by atomic mass is 10.0. The van der Waals surface area contributed by atoms with Crippen molar-refractivity contribution >= 4 is 0 Å². The van der Waals surface area contributed by atoms with Crippen LogP contribution < -0.4 is 5.73 Å². The Kier molecular flexibility index (Phi) is 2.80. The Balaban J connectivity index is 2.24. The van der Waals surface area contributed by atoms with Gasteiger partial charge in [-0.1, -0.05) is 0 Å². The highest BCUT2D eigenvalue weighted by Gasteiger charge is 2.34. The molecule has 1 saturated heterocycles. The maximum atomic E-state index is 6.17. The van der Waals surface area contributed by atoms with Gasteiger partial charge in [0.1, 0.15) is 0 Å². The highest BCUT2D eigenvalue weighted by atomic mass is 15.3. The van der Waals surface area contributed by atoms with Gasteiger partial charge in [0.05, 0.1) is 12.2 Å². The van der Waals surface area contributed by atoms with Crippen molar-refractivity contribution in [3.05, 3.63) is 18.0 Å². The van der Waals surface area contributed by atoms with Crippen LogP contribution in [-0.2, 0) is 7.05 Å². The van der Waals surface area contributed by atoms with Crippen molar-refractivity contribution in [1.29, 1.82) is 0 Å². The standard InChI is InChI=1S/C11H20N4/c1-8(2)15-5-4-10(12)11(15)9-6-13-14(3)7-9/h6-8,10-11H,4-5,12H2,1-3H3/t10-,11+/m0/s1. The normalized spacial score (nSPS) is 27.8. The van der Waals surface area contributed by atoms with Crippen molar-refractivity contribution in [2.24, 2.45) is 12.8 Å². The summed E-state index contributed by atoms with van der Waals surface area (Å²) in [6.07, 6.45) is 5.09. The van der Waals surface area contributed by atoms with Crippen LogP contribution in [0.5, 0.6) is 0 Å². The molecular formula is C11H20N4. The molecule has 0 aliphatic carbocycles. The van der Waals surface area contributed by atoms with Crippen molar-refractivity contribution in [2.75, 3.05) is 6.54 Å². The van der Waals surface area contributed by atoms with Crippen LogP contribution in [-0.4, -0.2) is 33.3 Å². The molecule has 1 aromatic rings. The Labute approximate surface area is 91.1 Å². The Morgan fingerprint density at radius 1 is 1.53 bits per heavy atom. The lowest BCUT2D eigenvalue weighted by molar-refractivity contribution is 0.198. The van der Waals surface area contributed by atoms with E-state index in [2.05, 4.69) is 30.0 Å². The minimum atomic E-state index is 0.247. The second kappa shape index (κ2) is 3.94. The van der Waals surface area contributed by atoms with Crippen LogP contribution in [0.4, 0.5) is 0 Å². The average Bonchev–Trinajstić information content (AvgIpc) is 2.71. The number of nitrogens with zero attached hydrogens (tertiary/aromatic N) is 3. The lowest BCUT2D eigenvalue weighted by Crippen LogP contribution is -2.35. The van der Waals surface area contributed by atoms with Crippen molar-refractivity contribution in [3.63, 3.8) is 0 Å². The van der Waals surface area contributed by atoms with E-state index in [1.54, 1.807) is 0 Å². The van der Waals surface area contributed by atoms with Crippen LogP contribution in [0.15, 0.2) is 12.4 Å². The van der Waals surface area contributed by atoms with Gasteiger partial charge >= 0.3 is 0 Å². The first-order valence-electron chi connectivity index (χ1n) is 5.59. The molecule has 0 saturated carbocycles. The third-order valence-electron chi connectivity index (χ3n) is 3.21. The summed E-state index contributed by atoms with van der Waals surface area (Å²) in [6.45, 7) is 5.54. The molecule has 0 spiro atoms. The SMILES string of the molecule is CC(C)N1CC[C@H](N)[C@H]1c1cnn(C)c1. The molecule has 0 bridgehead atoms. The molecule has 1 fully saturated rings. The van der Waals surface area contributed by atoms with E-state index in [0.717, 1.165) is 13.0 Å². The van der Waals surface area contributed by atoms with Gasteiger partial charge in [0, 0.05) is 37.4 Å². The third kappa shape index (κ3) is 1.92. The van der Waals surface area contributed by atoms with Gasteiger partial charge < -0.3 is 5.73 Å². The fourth-order valence-corrected chi connectivity index (χ4v) is 2.45. The molecule has 1 aromatic heterocycles. The summed E-state index contributed by atoms with van der Waals surface area (Å²) in [4.78, 5) is 2.46.